The van der Waals surface area contributed by atoms with Gasteiger partial charge >= 0.3 is 0 Å². The van der Waals surface area contributed by atoms with Crippen molar-refractivity contribution < 1.29 is 9.15 Å². The number of rotatable bonds is 6. The molecule has 3 heterocycles. The van der Waals surface area contributed by atoms with Gasteiger partial charge in [0.15, 0.2) is 5.16 Å². The first-order valence-corrected chi connectivity index (χ1v) is 9.61. The van der Waals surface area contributed by atoms with Crippen molar-refractivity contribution in [3.05, 3.63) is 42.1 Å². The number of hydrogen-bond acceptors (Lipinski definition) is 8. The molecular weight excluding hydrogens is 352 g/mol. The third-order valence-electron chi connectivity index (χ3n) is 4.06. The fraction of sp³-hybridized carbons (Fsp3) is 0.412. The Balaban J connectivity index is 1.62. The molecule has 0 saturated carbocycles. The minimum atomic E-state index is 0.557. The Labute approximate surface area is 155 Å². The molecule has 1 saturated heterocycles. The van der Waals surface area contributed by atoms with Crippen LogP contribution in [0.1, 0.15) is 18.7 Å². The summed E-state index contributed by atoms with van der Waals surface area (Å²) in [6, 6.07) is 10.1. The molecule has 8 nitrogen and oxygen atoms in total. The van der Waals surface area contributed by atoms with E-state index < -0.39 is 0 Å². The Morgan fingerprint density at radius 2 is 1.77 bits per heavy atom. The zero-order valence-corrected chi connectivity index (χ0v) is 15.4. The monoisotopic (exact) mass is 372 g/mol. The van der Waals surface area contributed by atoms with E-state index in [-0.39, 0.29) is 0 Å². The van der Waals surface area contributed by atoms with E-state index in [1.54, 1.807) is 0 Å². The molecule has 9 heteroatoms. The molecule has 0 unspecified atom stereocenters. The number of hydrogen-bond donors (Lipinski definition) is 0. The zero-order valence-electron chi connectivity index (χ0n) is 14.5. The highest BCUT2D eigenvalue weighted by Gasteiger charge is 2.22. The second-order valence-electron chi connectivity index (χ2n) is 5.78. The maximum Gasteiger partial charge on any atom is 0.232 e. The van der Waals surface area contributed by atoms with E-state index >= 15 is 0 Å². The molecule has 1 aliphatic rings. The average Bonchev–Trinajstić information content (AvgIpc) is 3.34. The molecule has 136 valence electrons. The lowest BCUT2D eigenvalue weighted by Gasteiger charge is -2.27. The predicted molar refractivity (Wildman–Crippen MR) is 97.6 cm³/mol. The van der Waals surface area contributed by atoms with Gasteiger partial charge in [0.05, 0.1) is 24.7 Å². The number of anilines is 1. The number of thioether (sulfide) groups is 1. The summed E-state index contributed by atoms with van der Waals surface area (Å²) >= 11 is 1.54. The summed E-state index contributed by atoms with van der Waals surface area (Å²) in [6.45, 7) is 5.00. The van der Waals surface area contributed by atoms with E-state index in [1.165, 1.54) is 11.8 Å². The summed E-state index contributed by atoms with van der Waals surface area (Å²) in [4.78, 5) is 2.20. The predicted octanol–water partition coefficient (Wildman–Crippen LogP) is 2.34. The largest absolute Gasteiger partial charge is 0.424 e. The van der Waals surface area contributed by atoms with Crippen molar-refractivity contribution in [1.29, 1.82) is 0 Å². The number of nitrogens with zero attached hydrogens (tertiary/aromatic N) is 6. The number of benzene rings is 1. The molecule has 1 aromatic carbocycles. The number of ether oxygens (including phenoxy) is 1. The molecule has 0 N–H and O–H groups in total. The van der Waals surface area contributed by atoms with Gasteiger partial charge in [-0.05, 0) is 12.1 Å². The SMILES string of the molecule is CCc1nnc(CSc2nnc(N3CCOCC3)n2-c2ccccc2)o1. The zero-order chi connectivity index (χ0) is 17.8. The Morgan fingerprint density at radius 3 is 2.50 bits per heavy atom. The summed E-state index contributed by atoms with van der Waals surface area (Å²) in [5.74, 6) is 2.64. The minimum Gasteiger partial charge on any atom is -0.424 e. The van der Waals surface area contributed by atoms with Crippen molar-refractivity contribution in [2.75, 3.05) is 31.2 Å². The standard InChI is InChI=1S/C17H20N6O2S/c1-2-14-18-19-15(25-14)12-26-17-21-20-16(22-8-10-24-11-9-22)23(17)13-6-4-3-5-7-13/h3-7H,2,8-12H2,1H3. The summed E-state index contributed by atoms with van der Waals surface area (Å²) in [5, 5.41) is 17.7. The van der Waals surface area contributed by atoms with Crippen LogP contribution >= 0.6 is 11.8 Å². The normalized spacial score (nSPS) is 14.7. The first kappa shape index (κ1) is 17.0. The third-order valence-corrected chi connectivity index (χ3v) is 4.97. The molecule has 0 bridgehead atoms. The van der Waals surface area contributed by atoms with Gasteiger partial charge in [0, 0.05) is 19.5 Å². The van der Waals surface area contributed by atoms with E-state index in [0.717, 1.165) is 36.3 Å². The smallest absolute Gasteiger partial charge is 0.232 e. The Bertz CT molecular complexity index is 844. The summed E-state index contributed by atoms with van der Waals surface area (Å²) in [5.41, 5.74) is 1.03. The van der Waals surface area contributed by atoms with E-state index in [9.17, 15) is 0 Å². The molecule has 0 amide bonds. The van der Waals surface area contributed by atoms with Gasteiger partial charge in [-0.1, -0.05) is 36.9 Å². The van der Waals surface area contributed by atoms with Gasteiger partial charge in [0.25, 0.3) is 0 Å². The van der Waals surface area contributed by atoms with Crippen LogP contribution in [0.25, 0.3) is 5.69 Å². The van der Waals surface area contributed by atoms with E-state index in [1.807, 2.05) is 25.1 Å². The van der Waals surface area contributed by atoms with Crippen molar-refractivity contribution in [2.24, 2.45) is 0 Å². The molecule has 1 fully saturated rings. The van der Waals surface area contributed by atoms with Crippen LogP contribution in [0, 0.1) is 0 Å². The summed E-state index contributed by atoms with van der Waals surface area (Å²) < 4.78 is 13.1. The summed E-state index contributed by atoms with van der Waals surface area (Å²) in [6.07, 6.45) is 0.735. The molecule has 3 aromatic rings. The number of aromatic nitrogens is 5. The topological polar surface area (TPSA) is 82.1 Å². The van der Waals surface area contributed by atoms with Crippen molar-refractivity contribution in [3.8, 4) is 5.69 Å². The lowest BCUT2D eigenvalue weighted by Crippen LogP contribution is -2.37. The third kappa shape index (κ3) is 3.58. The van der Waals surface area contributed by atoms with Gasteiger partial charge < -0.3 is 14.1 Å². The Morgan fingerprint density at radius 1 is 1.00 bits per heavy atom. The molecule has 4 rings (SSSR count). The minimum absolute atomic E-state index is 0.557. The highest BCUT2D eigenvalue weighted by molar-refractivity contribution is 7.98. The van der Waals surface area contributed by atoms with Crippen LogP contribution in [0.15, 0.2) is 39.9 Å². The van der Waals surface area contributed by atoms with Crippen LogP contribution in [0.2, 0.25) is 0 Å². The van der Waals surface area contributed by atoms with Gasteiger partial charge in [0.1, 0.15) is 0 Å². The van der Waals surface area contributed by atoms with Gasteiger partial charge in [-0.25, -0.2) is 0 Å². The molecule has 1 aliphatic heterocycles. The quantitative estimate of drug-likeness (QED) is 0.610. The maximum absolute atomic E-state index is 5.60. The van der Waals surface area contributed by atoms with Crippen LogP contribution in [0.5, 0.6) is 0 Å². The number of aryl methyl sites for hydroxylation is 1. The molecule has 0 spiro atoms. The Kier molecular flexibility index (Phi) is 5.16. The lowest BCUT2D eigenvalue weighted by atomic mass is 10.3. The van der Waals surface area contributed by atoms with Crippen LogP contribution in [-0.4, -0.2) is 51.3 Å². The Hall–Kier alpha value is -2.39. The molecule has 2 aromatic heterocycles. The van der Waals surface area contributed by atoms with Gasteiger partial charge in [-0.3, -0.25) is 4.57 Å². The average molecular weight is 372 g/mol. The maximum atomic E-state index is 5.60. The molecule has 0 aliphatic carbocycles. The second-order valence-corrected chi connectivity index (χ2v) is 6.73. The van der Waals surface area contributed by atoms with E-state index in [2.05, 4.69) is 42.0 Å². The highest BCUT2D eigenvalue weighted by Crippen LogP contribution is 2.28. The van der Waals surface area contributed by atoms with Crippen LogP contribution in [-0.2, 0) is 16.9 Å². The molecule has 0 atom stereocenters. The van der Waals surface area contributed by atoms with E-state index in [4.69, 9.17) is 9.15 Å². The van der Waals surface area contributed by atoms with Crippen LogP contribution < -0.4 is 4.90 Å². The van der Waals surface area contributed by atoms with Crippen molar-refractivity contribution in [1.82, 2.24) is 25.0 Å². The van der Waals surface area contributed by atoms with Gasteiger partial charge in [-0.15, -0.1) is 20.4 Å². The fourth-order valence-corrected chi connectivity index (χ4v) is 3.53. The van der Waals surface area contributed by atoms with Crippen LogP contribution in [0.3, 0.4) is 0 Å². The van der Waals surface area contributed by atoms with Gasteiger partial charge in [-0.2, -0.15) is 0 Å². The number of morpholine rings is 1. The lowest BCUT2D eigenvalue weighted by molar-refractivity contribution is 0.122. The van der Waals surface area contributed by atoms with Crippen molar-refractivity contribution in [3.63, 3.8) is 0 Å². The summed E-state index contributed by atoms with van der Waals surface area (Å²) in [7, 11) is 0. The molecule has 0 radical (unpaired) electrons. The van der Waals surface area contributed by atoms with Crippen molar-refractivity contribution in [2.45, 2.75) is 24.3 Å². The van der Waals surface area contributed by atoms with Crippen molar-refractivity contribution >= 4 is 17.7 Å². The first-order valence-electron chi connectivity index (χ1n) is 8.62. The first-order chi connectivity index (χ1) is 12.8. The molecule has 26 heavy (non-hydrogen) atoms. The van der Waals surface area contributed by atoms with Gasteiger partial charge in [0.2, 0.25) is 17.7 Å². The highest BCUT2D eigenvalue weighted by atomic mass is 32.2. The van der Waals surface area contributed by atoms with Crippen LogP contribution in [0.4, 0.5) is 5.95 Å². The van der Waals surface area contributed by atoms with E-state index in [0.29, 0.717) is 30.7 Å². The second kappa shape index (κ2) is 7.88. The fourth-order valence-electron chi connectivity index (χ4n) is 2.74. The number of para-hydroxylation sites is 1. The molecular formula is C17H20N6O2S.